The molecule has 2 aromatic carbocycles. The van der Waals surface area contributed by atoms with Gasteiger partial charge < -0.3 is 10.3 Å². The molecular formula is C19H18N6O. The Kier molecular flexibility index (Phi) is 3.96. The van der Waals surface area contributed by atoms with Gasteiger partial charge in [0.1, 0.15) is 6.54 Å². The molecule has 7 nitrogen and oxygen atoms in total. The summed E-state index contributed by atoms with van der Waals surface area (Å²) < 4.78 is 0. The lowest BCUT2D eigenvalue weighted by Gasteiger charge is -2.06. The number of aromatic amines is 1. The number of anilines is 1. The molecule has 0 spiro atoms. The molecule has 0 aliphatic heterocycles. The normalized spacial score (nSPS) is 11.0. The Hall–Kier alpha value is -3.48. The van der Waals surface area contributed by atoms with E-state index in [9.17, 15) is 4.79 Å². The van der Waals surface area contributed by atoms with Crippen LogP contribution >= 0.6 is 0 Å². The van der Waals surface area contributed by atoms with Crippen LogP contribution in [0.3, 0.4) is 0 Å². The fraction of sp³-hybridized carbons (Fsp3) is 0.158. The number of amides is 1. The van der Waals surface area contributed by atoms with Gasteiger partial charge in [-0.15, -0.1) is 10.2 Å². The minimum Gasteiger partial charge on any atom is -0.360 e. The van der Waals surface area contributed by atoms with Gasteiger partial charge in [0.05, 0.1) is 0 Å². The van der Waals surface area contributed by atoms with E-state index in [0.717, 1.165) is 33.3 Å². The van der Waals surface area contributed by atoms with E-state index in [4.69, 9.17) is 0 Å². The summed E-state index contributed by atoms with van der Waals surface area (Å²) in [5, 5.41) is 16.3. The summed E-state index contributed by atoms with van der Waals surface area (Å²) >= 11 is 0. The number of hydrogen-bond acceptors (Lipinski definition) is 4. The monoisotopic (exact) mass is 346 g/mol. The first-order valence-corrected chi connectivity index (χ1v) is 8.31. The average molecular weight is 346 g/mol. The van der Waals surface area contributed by atoms with Crippen LogP contribution < -0.4 is 5.32 Å². The maximum atomic E-state index is 12.3. The second-order valence-electron chi connectivity index (χ2n) is 6.32. The molecule has 0 atom stereocenters. The molecule has 2 heterocycles. The lowest BCUT2D eigenvalue weighted by atomic mass is 10.1. The average Bonchev–Trinajstić information content (AvgIpc) is 3.20. The smallest absolute Gasteiger partial charge is 0.248 e. The number of fused-ring (bicyclic) bond motifs is 1. The predicted octanol–water partition coefficient (Wildman–Crippen LogP) is 3.08. The summed E-state index contributed by atoms with van der Waals surface area (Å²) in [6.45, 7) is 3.99. The molecule has 0 saturated carbocycles. The summed E-state index contributed by atoms with van der Waals surface area (Å²) in [6, 6.07) is 13.8. The number of nitrogens with one attached hydrogen (secondary N) is 2. The van der Waals surface area contributed by atoms with Crippen LogP contribution in [-0.2, 0) is 11.3 Å². The Balaban J connectivity index is 1.50. The third-order valence-corrected chi connectivity index (χ3v) is 4.07. The molecule has 0 saturated heterocycles. The number of carbonyl (C=O) groups is 1. The van der Waals surface area contributed by atoms with E-state index in [1.807, 2.05) is 56.4 Å². The van der Waals surface area contributed by atoms with Gasteiger partial charge in [0.25, 0.3) is 0 Å². The second kappa shape index (κ2) is 6.44. The Bertz CT molecular complexity index is 1070. The van der Waals surface area contributed by atoms with Crippen molar-refractivity contribution in [2.75, 3.05) is 5.32 Å². The highest BCUT2D eigenvalue weighted by molar-refractivity contribution is 5.93. The van der Waals surface area contributed by atoms with Crippen molar-refractivity contribution < 1.29 is 4.79 Å². The van der Waals surface area contributed by atoms with Gasteiger partial charge >= 0.3 is 0 Å². The summed E-state index contributed by atoms with van der Waals surface area (Å²) in [5.74, 6) is 0.291. The maximum Gasteiger partial charge on any atom is 0.248 e. The Morgan fingerprint density at radius 1 is 1.15 bits per heavy atom. The summed E-state index contributed by atoms with van der Waals surface area (Å²) in [6.07, 6.45) is 1.85. The summed E-state index contributed by atoms with van der Waals surface area (Å²) in [4.78, 5) is 16.8. The van der Waals surface area contributed by atoms with Crippen molar-refractivity contribution in [2.45, 2.75) is 20.4 Å². The fourth-order valence-corrected chi connectivity index (χ4v) is 3.05. The molecule has 4 aromatic rings. The van der Waals surface area contributed by atoms with Crippen LogP contribution in [0.5, 0.6) is 0 Å². The van der Waals surface area contributed by atoms with Gasteiger partial charge in [-0.2, -0.15) is 4.80 Å². The highest BCUT2D eigenvalue weighted by Crippen LogP contribution is 2.25. The minimum absolute atomic E-state index is 0.00233. The van der Waals surface area contributed by atoms with Crippen molar-refractivity contribution in [1.82, 2.24) is 25.2 Å². The Morgan fingerprint density at radius 2 is 1.92 bits per heavy atom. The number of hydrogen-bond donors (Lipinski definition) is 2. The summed E-state index contributed by atoms with van der Waals surface area (Å²) in [7, 11) is 0. The standard InChI is InChI=1S/C19H18N6O/c1-12-7-13(2)9-14(8-12)21-18(26)11-25-23-19(22-24-25)16-10-20-17-6-4-3-5-15(16)17/h3-10,20H,11H2,1-2H3,(H,21,26). The van der Waals surface area contributed by atoms with Crippen LogP contribution in [0.4, 0.5) is 5.69 Å². The number of H-pyrrole nitrogens is 1. The Morgan fingerprint density at radius 3 is 2.73 bits per heavy atom. The van der Waals surface area contributed by atoms with Crippen LogP contribution in [0.1, 0.15) is 11.1 Å². The first-order valence-electron chi connectivity index (χ1n) is 8.31. The highest BCUT2D eigenvalue weighted by Gasteiger charge is 2.13. The van der Waals surface area contributed by atoms with Gasteiger partial charge in [-0.3, -0.25) is 4.79 Å². The van der Waals surface area contributed by atoms with Crippen LogP contribution in [0, 0.1) is 13.8 Å². The van der Waals surface area contributed by atoms with Crippen molar-refractivity contribution in [1.29, 1.82) is 0 Å². The number of carbonyl (C=O) groups excluding carboxylic acids is 1. The molecule has 0 radical (unpaired) electrons. The van der Waals surface area contributed by atoms with E-state index in [1.165, 1.54) is 4.80 Å². The first kappa shape index (κ1) is 16.0. The number of aromatic nitrogens is 5. The number of aryl methyl sites for hydroxylation is 2. The second-order valence-corrected chi connectivity index (χ2v) is 6.32. The zero-order valence-corrected chi connectivity index (χ0v) is 14.5. The van der Waals surface area contributed by atoms with E-state index in [2.05, 4.69) is 31.8 Å². The molecule has 0 aliphatic carbocycles. The Labute approximate surface area is 150 Å². The molecule has 0 fully saturated rings. The maximum absolute atomic E-state index is 12.3. The lowest BCUT2D eigenvalue weighted by Crippen LogP contribution is -2.20. The largest absolute Gasteiger partial charge is 0.360 e. The number of tetrazole rings is 1. The molecule has 0 unspecified atom stereocenters. The van der Waals surface area contributed by atoms with Gasteiger partial charge in [-0.05, 0) is 48.4 Å². The zero-order chi connectivity index (χ0) is 18.1. The summed E-state index contributed by atoms with van der Waals surface area (Å²) in [5.41, 5.74) is 4.83. The van der Waals surface area contributed by atoms with Crippen LogP contribution in [0.25, 0.3) is 22.3 Å². The van der Waals surface area contributed by atoms with Gasteiger partial charge in [-0.25, -0.2) is 0 Å². The SMILES string of the molecule is Cc1cc(C)cc(NC(=O)Cn2nnc(-c3c[nH]c4ccccc34)n2)c1. The van der Waals surface area contributed by atoms with Crippen molar-refractivity contribution in [3.8, 4) is 11.4 Å². The minimum atomic E-state index is -0.196. The van der Waals surface area contributed by atoms with Crippen molar-refractivity contribution in [3.63, 3.8) is 0 Å². The molecule has 2 aromatic heterocycles. The highest BCUT2D eigenvalue weighted by atomic mass is 16.2. The first-order chi connectivity index (χ1) is 12.6. The van der Waals surface area contributed by atoms with Crippen molar-refractivity contribution in [2.24, 2.45) is 0 Å². The molecular weight excluding hydrogens is 328 g/mol. The van der Waals surface area contributed by atoms with Crippen molar-refractivity contribution >= 4 is 22.5 Å². The quantitative estimate of drug-likeness (QED) is 0.594. The predicted molar refractivity (Wildman–Crippen MR) is 99.7 cm³/mol. The number of nitrogens with zero attached hydrogens (tertiary/aromatic N) is 4. The van der Waals surface area contributed by atoms with E-state index in [-0.39, 0.29) is 12.5 Å². The van der Waals surface area contributed by atoms with Gasteiger partial charge in [0.15, 0.2) is 0 Å². The molecule has 130 valence electrons. The van der Waals surface area contributed by atoms with E-state index in [0.29, 0.717) is 5.82 Å². The molecule has 1 amide bonds. The van der Waals surface area contributed by atoms with E-state index in [1.54, 1.807) is 0 Å². The third-order valence-electron chi connectivity index (χ3n) is 4.07. The van der Waals surface area contributed by atoms with Crippen LogP contribution in [0.2, 0.25) is 0 Å². The topological polar surface area (TPSA) is 88.5 Å². The zero-order valence-electron chi connectivity index (χ0n) is 14.5. The fourth-order valence-electron chi connectivity index (χ4n) is 3.05. The molecule has 2 N–H and O–H groups in total. The van der Waals surface area contributed by atoms with Crippen molar-refractivity contribution in [3.05, 3.63) is 59.8 Å². The molecule has 4 rings (SSSR count). The third kappa shape index (κ3) is 3.19. The van der Waals surface area contributed by atoms with Gasteiger partial charge in [-0.1, -0.05) is 24.3 Å². The van der Waals surface area contributed by atoms with E-state index >= 15 is 0 Å². The number of rotatable bonds is 4. The number of benzene rings is 2. The number of para-hydroxylation sites is 1. The van der Waals surface area contributed by atoms with Gasteiger partial charge in [0, 0.05) is 28.4 Å². The lowest BCUT2D eigenvalue weighted by molar-refractivity contribution is -0.117. The molecule has 0 bridgehead atoms. The van der Waals surface area contributed by atoms with Gasteiger partial charge in [0.2, 0.25) is 11.7 Å². The molecule has 0 aliphatic rings. The molecule has 26 heavy (non-hydrogen) atoms. The van der Waals surface area contributed by atoms with E-state index < -0.39 is 0 Å². The molecule has 7 heteroatoms. The van der Waals surface area contributed by atoms with Crippen LogP contribution in [0.15, 0.2) is 48.7 Å². The van der Waals surface area contributed by atoms with Crippen LogP contribution in [-0.4, -0.2) is 31.1 Å².